The maximum absolute atomic E-state index is 13.1. The van der Waals surface area contributed by atoms with E-state index in [1.54, 1.807) is 12.3 Å². The molecule has 0 saturated heterocycles. The Kier molecular flexibility index (Phi) is 2.87. The van der Waals surface area contributed by atoms with Crippen molar-refractivity contribution in [3.05, 3.63) is 30.6 Å². The van der Waals surface area contributed by atoms with Crippen LogP contribution < -0.4 is 15.2 Å². The summed E-state index contributed by atoms with van der Waals surface area (Å²) >= 11 is 0. The molecule has 2 N–H and O–H groups in total. The highest BCUT2D eigenvalue weighted by molar-refractivity contribution is 5.62. The first-order valence-corrected chi connectivity index (χ1v) is 7.20. The Morgan fingerprint density at radius 3 is 2.82 bits per heavy atom. The van der Waals surface area contributed by atoms with Gasteiger partial charge in [-0.1, -0.05) is 0 Å². The van der Waals surface area contributed by atoms with Crippen LogP contribution in [0.5, 0.6) is 11.5 Å². The van der Waals surface area contributed by atoms with E-state index in [0.717, 1.165) is 25.1 Å². The third-order valence-electron chi connectivity index (χ3n) is 4.17. The molecule has 5 nitrogen and oxygen atoms in total. The number of fused-ring (bicyclic) bond motifs is 1. The van der Waals surface area contributed by atoms with Crippen LogP contribution in [-0.4, -0.2) is 21.9 Å². The third-order valence-corrected chi connectivity index (χ3v) is 4.17. The van der Waals surface area contributed by atoms with Crippen molar-refractivity contribution >= 4 is 0 Å². The van der Waals surface area contributed by atoms with Crippen LogP contribution in [0.4, 0.5) is 8.78 Å². The Bertz CT molecular complexity index is 717. The lowest BCUT2D eigenvalue weighted by Gasteiger charge is -2.15. The first kappa shape index (κ1) is 13.5. The lowest BCUT2D eigenvalue weighted by Crippen LogP contribution is -2.25. The van der Waals surface area contributed by atoms with E-state index in [1.165, 1.54) is 12.1 Å². The van der Waals surface area contributed by atoms with Crippen LogP contribution in [0.25, 0.3) is 11.4 Å². The van der Waals surface area contributed by atoms with Gasteiger partial charge in [-0.25, -0.2) is 4.98 Å². The fourth-order valence-corrected chi connectivity index (χ4v) is 3.16. The molecule has 1 aliphatic carbocycles. The standard InChI is InChI=1S/C15H15F2N3O2/c16-15(17)21-12-4-1-9(7-13(12)22-15)14-19-5-6-20(14)11-3-2-10(18)8-11/h1,4-7,10-11H,2-3,8,18H2/t10-,11+/m0/s1. The minimum Gasteiger partial charge on any atom is -0.395 e. The topological polar surface area (TPSA) is 62.3 Å². The van der Waals surface area contributed by atoms with Gasteiger partial charge in [0, 0.05) is 30.0 Å². The summed E-state index contributed by atoms with van der Waals surface area (Å²) in [6.07, 6.45) is 2.87. The molecular formula is C15H15F2N3O2. The molecule has 2 aliphatic rings. The zero-order chi connectivity index (χ0) is 15.3. The lowest BCUT2D eigenvalue weighted by molar-refractivity contribution is -0.286. The second kappa shape index (κ2) is 4.67. The summed E-state index contributed by atoms with van der Waals surface area (Å²) in [4.78, 5) is 4.36. The normalized spacial score (nSPS) is 25.6. The molecule has 4 rings (SSSR count). The van der Waals surface area contributed by atoms with Gasteiger partial charge in [-0.3, -0.25) is 0 Å². The van der Waals surface area contributed by atoms with E-state index in [2.05, 4.69) is 19.0 Å². The largest absolute Gasteiger partial charge is 0.586 e. The summed E-state index contributed by atoms with van der Waals surface area (Å²) in [5.74, 6) is 0.788. The molecule has 2 aromatic rings. The van der Waals surface area contributed by atoms with E-state index >= 15 is 0 Å². The molecule has 22 heavy (non-hydrogen) atoms. The van der Waals surface area contributed by atoms with Gasteiger partial charge in [-0.15, -0.1) is 8.78 Å². The summed E-state index contributed by atoms with van der Waals surface area (Å²) in [7, 11) is 0. The van der Waals surface area contributed by atoms with Crippen molar-refractivity contribution in [2.45, 2.75) is 37.6 Å². The van der Waals surface area contributed by atoms with Crippen molar-refractivity contribution in [1.82, 2.24) is 9.55 Å². The summed E-state index contributed by atoms with van der Waals surface area (Å²) in [5, 5.41) is 0. The predicted molar refractivity (Wildman–Crippen MR) is 74.7 cm³/mol. The molecule has 2 heterocycles. The number of imidazole rings is 1. The van der Waals surface area contributed by atoms with Crippen LogP contribution in [0.2, 0.25) is 0 Å². The first-order chi connectivity index (χ1) is 10.5. The fourth-order valence-electron chi connectivity index (χ4n) is 3.16. The molecule has 1 aromatic carbocycles. The zero-order valence-electron chi connectivity index (χ0n) is 11.7. The minimum absolute atomic E-state index is 0.0279. The number of hydrogen-bond acceptors (Lipinski definition) is 4. The van der Waals surface area contributed by atoms with Gasteiger partial charge in [-0.2, -0.15) is 0 Å². The molecule has 2 atom stereocenters. The van der Waals surface area contributed by atoms with Crippen LogP contribution in [0, 0.1) is 0 Å². The molecule has 0 bridgehead atoms. The minimum atomic E-state index is -3.60. The van der Waals surface area contributed by atoms with Crippen molar-refractivity contribution in [1.29, 1.82) is 0 Å². The van der Waals surface area contributed by atoms with Crippen LogP contribution in [0.3, 0.4) is 0 Å². The number of ether oxygens (including phenoxy) is 2. The number of benzene rings is 1. The molecular weight excluding hydrogens is 292 g/mol. The Morgan fingerprint density at radius 2 is 2.05 bits per heavy atom. The maximum atomic E-state index is 13.1. The summed E-state index contributed by atoms with van der Waals surface area (Å²) < 4.78 is 37.2. The number of nitrogens with two attached hydrogens (primary N) is 1. The van der Waals surface area contributed by atoms with E-state index < -0.39 is 6.29 Å². The maximum Gasteiger partial charge on any atom is 0.586 e. The van der Waals surface area contributed by atoms with Gasteiger partial charge in [0.05, 0.1) is 0 Å². The van der Waals surface area contributed by atoms with E-state index in [9.17, 15) is 8.78 Å². The van der Waals surface area contributed by atoms with E-state index in [0.29, 0.717) is 11.6 Å². The van der Waals surface area contributed by atoms with Crippen molar-refractivity contribution < 1.29 is 18.3 Å². The number of nitrogens with zero attached hydrogens (tertiary/aromatic N) is 2. The highest BCUT2D eigenvalue weighted by Crippen LogP contribution is 2.43. The smallest absolute Gasteiger partial charge is 0.395 e. The molecule has 0 radical (unpaired) electrons. The molecule has 0 amide bonds. The highest BCUT2D eigenvalue weighted by atomic mass is 19.3. The number of hydrogen-bond donors (Lipinski definition) is 1. The first-order valence-electron chi connectivity index (χ1n) is 7.20. The monoisotopic (exact) mass is 307 g/mol. The Morgan fingerprint density at radius 1 is 1.23 bits per heavy atom. The van der Waals surface area contributed by atoms with Gasteiger partial charge in [0.1, 0.15) is 5.82 Å². The quantitative estimate of drug-likeness (QED) is 0.926. The van der Waals surface area contributed by atoms with E-state index in [1.807, 2.05) is 6.20 Å². The molecule has 1 saturated carbocycles. The predicted octanol–water partition coefficient (Wildman–Crippen LogP) is 2.92. The second-order valence-corrected chi connectivity index (χ2v) is 5.71. The van der Waals surface area contributed by atoms with Crippen molar-refractivity contribution in [3.63, 3.8) is 0 Å². The highest BCUT2D eigenvalue weighted by Gasteiger charge is 2.43. The van der Waals surface area contributed by atoms with Crippen molar-refractivity contribution in [2.24, 2.45) is 5.73 Å². The van der Waals surface area contributed by atoms with E-state index in [-0.39, 0.29) is 17.5 Å². The molecule has 0 unspecified atom stereocenters. The number of aromatic nitrogens is 2. The van der Waals surface area contributed by atoms with Gasteiger partial charge in [0.15, 0.2) is 11.5 Å². The molecule has 116 valence electrons. The fraction of sp³-hybridized carbons (Fsp3) is 0.400. The van der Waals surface area contributed by atoms with E-state index in [4.69, 9.17) is 5.73 Å². The van der Waals surface area contributed by atoms with Crippen LogP contribution >= 0.6 is 0 Å². The molecule has 1 fully saturated rings. The SMILES string of the molecule is N[C@H]1CC[C@@H](n2ccnc2-c2ccc3c(c2)OC(F)(F)O3)C1. The van der Waals surface area contributed by atoms with Crippen LogP contribution in [-0.2, 0) is 0 Å². The molecule has 1 aliphatic heterocycles. The van der Waals surface area contributed by atoms with Gasteiger partial charge in [-0.05, 0) is 37.5 Å². The summed E-state index contributed by atoms with van der Waals surface area (Å²) in [5.41, 5.74) is 6.68. The van der Waals surface area contributed by atoms with Gasteiger partial charge < -0.3 is 19.8 Å². The van der Waals surface area contributed by atoms with Gasteiger partial charge >= 0.3 is 6.29 Å². The Balaban J connectivity index is 1.68. The van der Waals surface area contributed by atoms with Crippen LogP contribution in [0.15, 0.2) is 30.6 Å². The molecule has 0 spiro atoms. The Hall–Kier alpha value is -2.15. The number of halogens is 2. The number of alkyl halides is 2. The second-order valence-electron chi connectivity index (χ2n) is 5.71. The van der Waals surface area contributed by atoms with Crippen molar-refractivity contribution in [2.75, 3.05) is 0 Å². The average molecular weight is 307 g/mol. The third kappa shape index (κ3) is 2.21. The summed E-state index contributed by atoms with van der Waals surface area (Å²) in [6.45, 7) is 0. The molecule has 7 heteroatoms. The average Bonchev–Trinajstić information content (AvgIpc) is 3.13. The van der Waals surface area contributed by atoms with Gasteiger partial charge in [0.25, 0.3) is 0 Å². The number of rotatable bonds is 2. The lowest BCUT2D eigenvalue weighted by atomic mass is 10.1. The summed E-state index contributed by atoms with van der Waals surface area (Å²) in [6, 6.07) is 5.21. The van der Waals surface area contributed by atoms with Crippen molar-refractivity contribution in [3.8, 4) is 22.9 Å². The van der Waals surface area contributed by atoms with Gasteiger partial charge in [0.2, 0.25) is 0 Å². The van der Waals surface area contributed by atoms with Crippen LogP contribution in [0.1, 0.15) is 25.3 Å². The molecule has 1 aromatic heterocycles. The zero-order valence-corrected chi connectivity index (χ0v) is 11.7. The Labute approximate surface area is 125 Å².